The Morgan fingerprint density at radius 3 is 2.63 bits per heavy atom. The predicted octanol–water partition coefficient (Wildman–Crippen LogP) is 2.18. The molecule has 0 radical (unpaired) electrons. The van der Waals surface area contributed by atoms with Gasteiger partial charge in [-0.3, -0.25) is 14.5 Å². The van der Waals surface area contributed by atoms with Gasteiger partial charge in [-0.1, -0.05) is 0 Å². The van der Waals surface area contributed by atoms with Crippen molar-refractivity contribution in [2.75, 3.05) is 26.2 Å². The Morgan fingerprint density at radius 1 is 1.19 bits per heavy atom. The van der Waals surface area contributed by atoms with Gasteiger partial charge >= 0.3 is 0 Å². The van der Waals surface area contributed by atoms with E-state index >= 15 is 0 Å². The summed E-state index contributed by atoms with van der Waals surface area (Å²) in [5, 5.41) is 6.42. The van der Waals surface area contributed by atoms with E-state index in [0.717, 1.165) is 76.3 Å². The second-order valence-electron chi connectivity index (χ2n) is 8.29. The van der Waals surface area contributed by atoms with Gasteiger partial charge in [0.05, 0.1) is 10.7 Å². The fourth-order valence-electron chi connectivity index (χ4n) is 4.29. The average Bonchev–Trinajstić information content (AvgIpc) is 3.26. The van der Waals surface area contributed by atoms with Gasteiger partial charge in [0.25, 0.3) is 0 Å². The quantitative estimate of drug-likeness (QED) is 0.809. The van der Waals surface area contributed by atoms with Gasteiger partial charge in [0.15, 0.2) is 0 Å². The van der Waals surface area contributed by atoms with Gasteiger partial charge in [-0.2, -0.15) is 0 Å². The average molecular weight is 391 g/mol. The number of rotatable bonds is 6. The van der Waals surface area contributed by atoms with Crippen LogP contribution in [-0.4, -0.2) is 58.8 Å². The Labute approximate surface area is 165 Å². The summed E-state index contributed by atoms with van der Waals surface area (Å²) in [6, 6.07) is -0.230. The fraction of sp³-hybridized carbons (Fsp3) is 0.750. The van der Waals surface area contributed by atoms with Gasteiger partial charge in [0, 0.05) is 30.9 Å². The molecule has 27 heavy (non-hydrogen) atoms. The number of carbonyl (C=O) groups is 2. The summed E-state index contributed by atoms with van der Waals surface area (Å²) in [4.78, 5) is 33.8. The lowest BCUT2D eigenvalue weighted by atomic mass is 9.96. The van der Waals surface area contributed by atoms with Crippen molar-refractivity contribution in [3.63, 3.8) is 0 Å². The van der Waals surface area contributed by atoms with Crippen molar-refractivity contribution in [2.24, 2.45) is 11.8 Å². The molecule has 1 saturated carbocycles. The van der Waals surface area contributed by atoms with Crippen LogP contribution in [0.25, 0.3) is 0 Å². The highest BCUT2D eigenvalue weighted by molar-refractivity contribution is 7.09. The van der Waals surface area contributed by atoms with E-state index in [0.29, 0.717) is 5.92 Å². The molecule has 2 amide bonds. The van der Waals surface area contributed by atoms with Gasteiger partial charge in [-0.05, 0) is 64.5 Å². The summed E-state index contributed by atoms with van der Waals surface area (Å²) in [6.45, 7) is 6.60. The van der Waals surface area contributed by atoms with Crippen molar-refractivity contribution < 1.29 is 9.59 Å². The summed E-state index contributed by atoms with van der Waals surface area (Å²) in [5.74, 6) is 1.00. The van der Waals surface area contributed by atoms with Gasteiger partial charge in [-0.15, -0.1) is 11.3 Å². The first kappa shape index (κ1) is 18.9. The SMILES string of the molecule is Cc1nc(CN2CCC(CNC(=O)C3CCCN3C(=O)C3CC3)CC2)cs1. The van der Waals surface area contributed by atoms with Crippen molar-refractivity contribution in [3.05, 3.63) is 16.1 Å². The van der Waals surface area contributed by atoms with Crippen molar-refractivity contribution >= 4 is 23.2 Å². The number of aromatic nitrogens is 1. The Balaban J connectivity index is 1.19. The van der Waals surface area contributed by atoms with E-state index in [9.17, 15) is 9.59 Å². The number of hydrogen-bond donors (Lipinski definition) is 1. The Bertz CT molecular complexity index is 679. The number of nitrogens with zero attached hydrogens (tertiary/aromatic N) is 3. The van der Waals surface area contributed by atoms with Crippen LogP contribution < -0.4 is 5.32 Å². The summed E-state index contributed by atoms with van der Waals surface area (Å²) >= 11 is 1.71. The van der Waals surface area contributed by atoms with E-state index in [1.807, 2.05) is 11.8 Å². The van der Waals surface area contributed by atoms with E-state index in [1.54, 1.807) is 11.3 Å². The molecule has 1 N–H and O–H groups in total. The maximum atomic E-state index is 12.6. The van der Waals surface area contributed by atoms with Crippen LogP contribution in [0.1, 0.15) is 49.2 Å². The van der Waals surface area contributed by atoms with Crippen LogP contribution in [0.5, 0.6) is 0 Å². The zero-order valence-electron chi connectivity index (χ0n) is 16.2. The minimum absolute atomic E-state index is 0.0573. The standard InChI is InChI=1S/C20H30N4O2S/c1-14-22-17(13-27-14)12-23-9-6-15(7-10-23)11-21-19(25)18-3-2-8-24(18)20(26)16-4-5-16/h13,15-16,18H,2-12H2,1H3,(H,21,25). The number of piperidine rings is 1. The third kappa shape index (κ3) is 4.69. The molecule has 3 fully saturated rings. The van der Waals surface area contributed by atoms with E-state index in [1.165, 1.54) is 5.69 Å². The van der Waals surface area contributed by atoms with Gasteiger partial charge in [-0.25, -0.2) is 4.98 Å². The van der Waals surface area contributed by atoms with Crippen molar-refractivity contribution in [1.82, 2.24) is 20.1 Å². The number of aryl methyl sites for hydroxylation is 1. The second kappa shape index (κ2) is 8.27. The Hall–Kier alpha value is -1.47. The fourth-order valence-corrected chi connectivity index (χ4v) is 4.89. The van der Waals surface area contributed by atoms with Gasteiger partial charge < -0.3 is 10.2 Å². The molecular formula is C20H30N4O2S. The van der Waals surface area contributed by atoms with E-state index in [2.05, 4.69) is 20.6 Å². The predicted molar refractivity (Wildman–Crippen MR) is 105 cm³/mol. The normalized spacial score (nSPS) is 24.3. The van der Waals surface area contributed by atoms with Crippen LogP contribution in [0.2, 0.25) is 0 Å². The zero-order chi connectivity index (χ0) is 18.8. The number of likely N-dealkylation sites (tertiary alicyclic amines) is 2. The van der Waals surface area contributed by atoms with Crippen molar-refractivity contribution in [2.45, 2.75) is 58.0 Å². The van der Waals surface area contributed by atoms with E-state index in [-0.39, 0.29) is 23.8 Å². The first-order chi connectivity index (χ1) is 13.1. The molecule has 7 heteroatoms. The Morgan fingerprint density at radius 2 is 1.96 bits per heavy atom. The van der Waals surface area contributed by atoms with Crippen molar-refractivity contribution in [3.8, 4) is 0 Å². The van der Waals surface area contributed by atoms with Gasteiger partial charge in [0.2, 0.25) is 11.8 Å². The van der Waals surface area contributed by atoms with Crippen LogP contribution in [0, 0.1) is 18.8 Å². The molecule has 1 unspecified atom stereocenters. The molecule has 3 aliphatic rings. The van der Waals surface area contributed by atoms with Crippen LogP contribution in [-0.2, 0) is 16.1 Å². The molecule has 1 aromatic rings. The first-order valence-corrected chi connectivity index (χ1v) is 11.2. The maximum absolute atomic E-state index is 12.6. The lowest BCUT2D eigenvalue weighted by Gasteiger charge is -2.32. The zero-order valence-corrected chi connectivity index (χ0v) is 17.0. The highest BCUT2D eigenvalue weighted by Crippen LogP contribution is 2.33. The molecule has 2 saturated heterocycles. The number of hydrogen-bond acceptors (Lipinski definition) is 5. The molecule has 1 aliphatic carbocycles. The number of nitrogens with one attached hydrogen (secondary N) is 1. The summed E-state index contributed by atoms with van der Waals surface area (Å²) in [6.07, 6.45) is 5.99. The van der Waals surface area contributed by atoms with Crippen LogP contribution in [0.4, 0.5) is 0 Å². The number of carbonyl (C=O) groups excluding carboxylic acids is 2. The van der Waals surface area contributed by atoms with Crippen LogP contribution >= 0.6 is 11.3 Å². The summed E-state index contributed by atoms with van der Waals surface area (Å²) in [5.41, 5.74) is 1.17. The first-order valence-electron chi connectivity index (χ1n) is 10.3. The summed E-state index contributed by atoms with van der Waals surface area (Å²) < 4.78 is 0. The van der Waals surface area contributed by atoms with E-state index in [4.69, 9.17) is 0 Å². The molecular weight excluding hydrogens is 360 g/mol. The lowest BCUT2D eigenvalue weighted by molar-refractivity contribution is -0.139. The molecule has 0 aromatic carbocycles. The number of amides is 2. The molecule has 6 nitrogen and oxygen atoms in total. The minimum atomic E-state index is -0.230. The van der Waals surface area contributed by atoms with Gasteiger partial charge in [0.1, 0.15) is 6.04 Å². The monoisotopic (exact) mass is 390 g/mol. The summed E-state index contributed by atoms with van der Waals surface area (Å²) in [7, 11) is 0. The Kier molecular flexibility index (Phi) is 5.78. The molecule has 2 aliphatic heterocycles. The highest BCUT2D eigenvalue weighted by atomic mass is 32.1. The lowest BCUT2D eigenvalue weighted by Crippen LogP contribution is -2.48. The molecule has 1 aromatic heterocycles. The molecule has 0 spiro atoms. The molecule has 1 atom stereocenters. The van der Waals surface area contributed by atoms with Crippen LogP contribution in [0.3, 0.4) is 0 Å². The molecule has 0 bridgehead atoms. The molecule has 148 valence electrons. The minimum Gasteiger partial charge on any atom is -0.354 e. The highest BCUT2D eigenvalue weighted by Gasteiger charge is 2.40. The smallest absolute Gasteiger partial charge is 0.242 e. The van der Waals surface area contributed by atoms with Crippen LogP contribution in [0.15, 0.2) is 5.38 Å². The second-order valence-corrected chi connectivity index (χ2v) is 9.35. The van der Waals surface area contributed by atoms with Crippen molar-refractivity contribution in [1.29, 1.82) is 0 Å². The largest absolute Gasteiger partial charge is 0.354 e. The van der Waals surface area contributed by atoms with E-state index < -0.39 is 0 Å². The molecule has 4 rings (SSSR count). The third-order valence-electron chi connectivity index (χ3n) is 6.09. The maximum Gasteiger partial charge on any atom is 0.242 e. The molecule has 3 heterocycles. The number of thiazole rings is 1. The topological polar surface area (TPSA) is 65.5 Å². The third-order valence-corrected chi connectivity index (χ3v) is 6.91.